The second-order valence-corrected chi connectivity index (χ2v) is 8.75. The van der Waals surface area contributed by atoms with Crippen LogP contribution in [0.2, 0.25) is 0 Å². The Morgan fingerprint density at radius 2 is 1.94 bits per heavy atom. The summed E-state index contributed by atoms with van der Waals surface area (Å²) < 4.78 is 47.9. The van der Waals surface area contributed by atoms with Crippen molar-refractivity contribution in [3.63, 3.8) is 0 Å². The number of aryl methyl sites for hydroxylation is 2. The van der Waals surface area contributed by atoms with Crippen LogP contribution in [0, 0.1) is 18.3 Å². The molecule has 1 heterocycles. The second kappa shape index (κ2) is 9.05. The van der Waals surface area contributed by atoms with Crippen LogP contribution < -0.4 is 14.8 Å². The van der Waals surface area contributed by atoms with E-state index in [4.69, 9.17) is 9.47 Å². The van der Waals surface area contributed by atoms with Gasteiger partial charge in [0.1, 0.15) is 23.1 Å². The van der Waals surface area contributed by atoms with Crippen molar-refractivity contribution in [3.05, 3.63) is 64.2 Å². The summed E-state index contributed by atoms with van der Waals surface area (Å²) in [7, 11) is 1.58. The van der Waals surface area contributed by atoms with Crippen LogP contribution in [0.25, 0.3) is 5.57 Å². The van der Waals surface area contributed by atoms with Crippen molar-refractivity contribution in [2.75, 3.05) is 13.7 Å². The highest BCUT2D eigenvalue weighted by Crippen LogP contribution is 2.47. The van der Waals surface area contributed by atoms with E-state index in [1.54, 1.807) is 13.2 Å². The molecule has 2 aliphatic rings. The Bertz CT molecular complexity index is 1200. The Kier molecular flexibility index (Phi) is 6.30. The molecule has 0 saturated heterocycles. The van der Waals surface area contributed by atoms with Crippen LogP contribution in [0.15, 0.2) is 42.0 Å². The Hall–Kier alpha value is -3.47. The molecule has 178 valence electrons. The highest BCUT2D eigenvalue weighted by Gasteiger charge is 2.45. The molecular formula is C26H25F3N2O3. The number of methoxy groups -OCH3 is 1. The van der Waals surface area contributed by atoms with E-state index in [0.29, 0.717) is 36.3 Å². The lowest BCUT2D eigenvalue weighted by molar-refractivity contribution is -0.136. The molecule has 2 aromatic carbocycles. The topological polar surface area (TPSA) is 71.3 Å². The van der Waals surface area contributed by atoms with Crippen molar-refractivity contribution in [1.29, 1.82) is 5.26 Å². The molecule has 4 rings (SSSR count). The maximum atomic E-state index is 13.0. The summed E-state index contributed by atoms with van der Waals surface area (Å²) in [5, 5.41) is 12.8. The molecule has 34 heavy (non-hydrogen) atoms. The van der Waals surface area contributed by atoms with Crippen molar-refractivity contribution in [2.24, 2.45) is 0 Å². The lowest BCUT2D eigenvalue weighted by Crippen LogP contribution is -2.48. The Labute approximate surface area is 196 Å². The van der Waals surface area contributed by atoms with Crippen LogP contribution >= 0.6 is 0 Å². The lowest BCUT2D eigenvalue weighted by atomic mass is 9.77. The quantitative estimate of drug-likeness (QED) is 0.577. The smallest absolute Gasteiger partial charge is 0.389 e. The van der Waals surface area contributed by atoms with E-state index in [-0.39, 0.29) is 18.6 Å². The monoisotopic (exact) mass is 470 g/mol. The molecule has 1 N–H and O–H groups in total. The first-order valence-corrected chi connectivity index (χ1v) is 11.1. The largest absolute Gasteiger partial charge is 0.497 e. The minimum Gasteiger partial charge on any atom is -0.497 e. The van der Waals surface area contributed by atoms with Crippen molar-refractivity contribution >= 4 is 11.5 Å². The number of carbonyl (C=O) groups is 1. The highest BCUT2D eigenvalue weighted by atomic mass is 19.4. The molecule has 1 amide bonds. The number of hydrogen-bond acceptors (Lipinski definition) is 4. The van der Waals surface area contributed by atoms with Crippen LogP contribution in [0.5, 0.6) is 11.5 Å². The fourth-order valence-corrected chi connectivity index (χ4v) is 4.89. The molecule has 0 fully saturated rings. The Morgan fingerprint density at radius 1 is 1.18 bits per heavy atom. The molecule has 0 aromatic heterocycles. The third-order valence-electron chi connectivity index (χ3n) is 6.52. The van der Waals surface area contributed by atoms with Gasteiger partial charge < -0.3 is 14.8 Å². The fraction of sp³-hybridized carbons (Fsp3) is 0.385. The molecule has 0 radical (unpaired) electrons. The van der Waals surface area contributed by atoms with Gasteiger partial charge in [-0.2, -0.15) is 18.4 Å². The molecule has 1 atom stereocenters. The van der Waals surface area contributed by atoms with Gasteiger partial charge in [-0.3, -0.25) is 4.79 Å². The first kappa shape index (κ1) is 23.7. The van der Waals surface area contributed by atoms with Gasteiger partial charge >= 0.3 is 6.18 Å². The van der Waals surface area contributed by atoms with E-state index in [9.17, 15) is 23.2 Å². The van der Waals surface area contributed by atoms with Crippen molar-refractivity contribution in [2.45, 2.75) is 50.7 Å². The van der Waals surface area contributed by atoms with Gasteiger partial charge in [0.05, 0.1) is 19.3 Å². The minimum atomic E-state index is -4.19. The van der Waals surface area contributed by atoms with Gasteiger partial charge in [0, 0.05) is 12.8 Å². The zero-order valence-electron chi connectivity index (χ0n) is 19.0. The number of ether oxygens (including phenoxy) is 2. The lowest BCUT2D eigenvalue weighted by Gasteiger charge is -2.37. The molecule has 0 bridgehead atoms. The molecule has 1 aliphatic carbocycles. The van der Waals surface area contributed by atoms with E-state index < -0.39 is 24.0 Å². The van der Waals surface area contributed by atoms with Crippen LogP contribution in [0.4, 0.5) is 13.2 Å². The summed E-state index contributed by atoms with van der Waals surface area (Å²) in [6.07, 6.45) is -3.37. The van der Waals surface area contributed by atoms with Crippen molar-refractivity contribution in [1.82, 2.24) is 5.32 Å². The molecule has 1 spiro atoms. The normalized spacial score (nSPS) is 19.6. The molecule has 1 aliphatic heterocycles. The van der Waals surface area contributed by atoms with Gasteiger partial charge in [-0.25, -0.2) is 0 Å². The van der Waals surface area contributed by atoms with E-state index in [2.05, 4.69) is 11.4 Å². The number of nitrogens with one attached hydrogen (secondary N) is 1. The average Bonchev–Trinajstić information content (AvgIpc) is 3.12. The second-order valence-electron chi connectivity index (χ2n) is 8.75. The zero-order valence-corrected chi connectivity index (χ0v) is 19.0. The van der Waals surface area contributed by atoms with E-state index in [1.807, 2.05) is 37.3 Å². The van der Waals surface area contributed by atoms with E-state index >= 15 is 0 Å². The number of fused-ring (bicyclic) bond motifs is 2. The van der Waals surface area contributed by atoms with Gasteiger partial charge in [0.25, 0.3) is 5.91 Å². The van der Waals surface area contributed by atoms with E-state index in [0.717, 1.165) is 22.3 Å². The van der Waals surface area contributed by atoms with Gasteiger partial charge in [0.2, 0.25) is 0 Å². The number of benzene rings is 2. The maximum Gasteiger partial charge on any atom is 0.389 e. The van der Waals surface area contributed by atoms with Crippen molar-refractivity contribution < 1.29 is 27.4 Å². The van der Waals surface area contributed by atoms with Gasteiger partial charge in [-0.15, -0.1) is 0 Å². The van der Waals surface area contributed by atoms with Gasteiger partial charge in [-0.05, 0) is 78.3 Å². The number of rotatable bonds is 6. The van der Waals surface area contributed by atoms with E-state index in [1.165, 1.54) is 0 Å². The van der Waals surface area contributed by atoms with Crippen LogP contribution in [-0.4, -0.2) is 25.8 Å². The molecule has 0 saturated carbocycles. The first-order chi connectivity index (χ1) is 16.2. The number of amides is 1. The third-order valence-corrected chi connectivity index (χ3v) is 6.52. The number of nitrogens with zero attached hydrogens (tertiary/aromatic N) is 1. The molecular weight excluding hydrogens is 445 g/mol. The predicted molar refractivity (Wildman–Crippen MR) is 120 cm³/mol. The maximum absolute atomic E-state index is 13.0. The molecule has 5 nitrogen and oxygen atoms in total. The first-order valence-electron chi connectivity index (χ1n) is 11.1. The van der Waals surface area contributed by atoms with Gasteiger partial charge in [0.15, 0.2) is 0 Å². The number of carbonyl (C=O) groups excluding carboxylic acids is 1. The number of nitriles is 1. The highest BCUT2D eigenvalue weighted by molar-refractivity contribution is 6.07. The molecule has 1 unspecified atom stereocenters. The summed E-state index contributed by atoms with van der Waals surface area (Å²) in [5.74, 6) is 0.809. The number of halogens is 3. The average molecular weight is 470 g/mol. The number of alkyl halides is 3. The standard InChI is InChI=1S/C26H25F3N2O3/c1-16-12-18(33-2)4-6-20(16)21-14-25(31-24(32)22(21)15-30)10-8-17-13-19(5-7-23(17)25)34-11-3-9-26(27,28)29/h4-7,12-13H,3,8-11,14H2,1-2H3,(H,31,32). The predicted octanol–water partition coefficient (Wildman–Crippen LogP) is 5.36. The zero-order chi connectivity index (χ0) is 24.5. The summed E-state index contributed by atoms with van der Waals surface area (Å²) in [6.45, 7) is 1.90. The SMILES string of the molecule is COc1ccc(C2=C(C#N)C(=O)NC3(CCc4cc(OCCCC(F)(F)F)ccc43)C2)c(C)c1. The van der Waals surface area contributed by atoms with Crippen molar-refractivity contribution in [3.8, 4) is 17.6 Å². The summed E-state index contributed by atoms with van der Waals surface area (Å²) in [4.78, 5) is 13.0. The third kappa shape index (κ3) is 4.60. The Balaban J connectivity index is 1.60. The van der Waals surface area contributed by atoms with Gasteiger partial charge in [-0.1, -0.05) is 12.1 Å². The molecule has 2 aromatic rings. The van der Waals surface area contributed by atoms with Crippen LogP contribution in [0.3, 0.4) is 0 Å². The molecule has 8 heteroatoms. The Morgan fingerprint density at radius 3 is 2.62 bits per heavy atom. The van der Waals surface area contributed by atoms with Crippen LogP contribution in [-0.2, 0) is 16.8 Å². The summed E-state index contributed by atoms with van der Waals surface area (Å²) in [5.41, 5.74) is 3.84. The summed E-state index contributed by atoms with van der Waals surface area (Å²) in [6, 6.07) is 13.1. The summed E-state index contributed by atoms with van der Waals surface area (Å²) >= 11 is 0. The minimum absolute atomic E-state index is 0.0185. The fourth-order valence-electron chi connectivity index (χ4n) is 4.89. The number of hydrogen-bond donors (Lipinski definition) is 1. The van der Waals surface area contributed by atoms with Crippen LogP contribution in [0.1, 0.15) is 47.9 Å².